The maximum absolute atomic E-state index is 13.3. The van der Waals surface area contributed by atoms with E-state index in [0.29, 0.717) is 5.56 Å². The number of rotatable bonds is 3. The number of hydrogen-bond donors (Lipinski definition) is 1. The average Bonchev–Trinajstić information content (AvgIpc) is 2.69. The SMILES string of the molecule is COc1ccc([C@H]2Nc3ccccc3C(=O)N2c2ccc(Br)cc2)cc1. The van der Waals surface area contributed by atoms with Gasteiger partial charge in [-0.1, -0.05) is 40.2 Å². The molecule has 0 saturated heterocycles. The number of halogens is 1. The highest BCUT2D eigenvalue weighted by Crippen LogP contribution is 2.37. The van der Waals surface area contributed by atoms with Crippen molar-refractivity contribution in [3.05, 3.63) is 88.4 Å². The van der Waals surface area contributed by atoms with Gasteiger partial charge in [0.1, 0.15) is 11.9 Å². The second-order valence-electron chi connectivity index (χ2n) is 6.02. The van der Waals surface area contributed by atoms with Crippen LogP contribution in [-0.4, -0.2) is 13.0 Å². The number of hydrogen-bond acceptors (Lipinski definition) is 3. The van der Waals surface area contributed by atoms with E-state index in [-0.39, 0.29) is 12.1 Å². The number of amides is 1. The molecule has 1 heterocycles. The predicted molar refractivity (Wildman–Crippen MR) is 107 cm³/mol. The van der Waals surface area contributed by atoms with Crippen molar-refractivity contribution in [1.29, 1.82) is 0 Å². The molecule has 1 aliphatic rings. The Morgan fingerprint density at radius 1 is 0.962 bits per heavy atom. The average molecular weight is 409 g/mol. The summed E-state index contributed by atoms with van der Waals surface area (Å²) >= 11 is 3.45. The zero-order chi connectivity index (χ0) is 18.1. The van der Waals surface area contributed by atoms with E-state index >= 15 is 0 Å². The lowest BCUT2D eigenvalue weighted by Gasteiger charge is -2.38. The Kier molecular flexibility index (Phi) is 4.39. The van der Waals surface area contributed by atoms with Crippen molar-refractivity contribution in [3.63, 3.8) is 0 Å². The summed E-state index contributed by atoms with van der Waals surface area (Å²) in [5.74, 6) is 0.758. The Balaban J connectivity index is 1.82. The normalized spacial score (nSPS) is 16.0. The van der Waals surface area contributed by atoms with Crippen LogP contribution < -0.4 is 15.0 Å². The quantitative estimate of drug-likeness (QED) is 0.644. The molecule has 0 spiro atoms. The molecule has 1 N–H and O–H groups in total. The molecule has 5 heteroatoms. The zero-order valence-corrected chi connectivity index (χ0v) is 15.7. The summed E-state index contributed by atoms with van der Waals surface area (Å²) in [6.07, 6.45) is -0.301. The van der Waals surface area contributed by atoms with Gasteiger partial charge >= 0.3 is 0 Å². The number of nitrogens with one attached hydrogen (secondary N) is 1. The summed E-state index contributed by atoms with van der Waals surface area (Å²) in [6.45, 7) is 0. The molecule has 0 unspecified atom stereocenters. The number of anilines is 2. The van der Waals surface area contributed by atoms with Crippen molar-refractivity contribution < 1.29 is 9.53 Å². The van der Waals surface area contributed by atoms with E-state index in [0.717, 1.165) is 27.2 Å². The molecule has 1 aliphatic heterocycles. The minimum Gasteiger partial charge on any atom is -0.497 e. The highest BCUT2D eigenvalue weighted by atomic mass is 79.9. The lowest BCUT2D eigenvalue weighted by molar-refractivity contribution is 0.0975. The first kappa shape index (κ1) is 16.7. The van der Waals surface area contributed by atoms with Crippen LogP contribution in [0, 0.1) is 0 Å². The van der Waals surface area contributed by atoms with Gasteiger partial charge in [-0.25, -0.2) is 0 Å². The minimum absolute atomic E-state index is 0.0255. The molecule has 0 saturated carbocycles. The second kappa shape index (κ2) is 6.84. The summed E-state index contributed by atoms with van der Waals surface area (Å²) in [4.78, 5) is 15.0. The topological polar surface area (TPSA) is 41.6 Å². The van der Waals surface area contributed by atoms with E-state index in [4.69, 9.17) is 4.74 Å². The molecule has 1 amide bonds. The van der Waals surface area contributed by atoms with Crippen molar-refractivity contribution >= 4 is 33.2 Å². The van der Waals surface area contributed by atoms with E-state index in [9.17, 15) is 4.79 Å². The van der Waals surface area contributed by atoms with Crippen molar-refractivity contribution in [2.24, 2.45) is 0 Å². The van der Waals surface area contributed by atoms with Crippen LogP contribution in [0.5, 0.6) is 5.75 Å². The number of benzene rings is 3. The summed E-state index contributed by atoms with van der Waals surface area (Å²) < 4.78 is 6.22. The predicted octanol–water partition coefficient (Wildman–Crippen LogP) is 5.23. The van der Waals surface area contributed by atoms with Gasteiger partial charge in [0.05, 0.1) is 12.7 Å². The molecule has 4 nitrogen and oxygen atoms in total. The fraction of sp³-hybridized carbons (Fsp3) is 0.0952. The summed E-state index contributed by atoms with van der Waals surface area (Å²) in [6, 6.07) is 23.1. The third-order valence-electron chi connectivity index (χ3n) is 4.46. The highest BCUT2D eigenvalue weighted by Gasteiger charge is 2.33. The van der Waals surface area contributed by atoms with Gasteiger partial charge in [-0.15, -0.1) is 0 Å². The largest absolute Gasteiger partial charge is 0.497 e. The van der Waals surface area contributed by atoms with Crippen LogP contribution in [0.2, 0.25) is 0 Å². The van der Waals surface area contributed by atoms with Crippen LogP contribution in [0.15, 0.2) is 77.3 Å². The zero-order valence-electron chi connectivity index (χ0n) is 14.1. The van der Waals surface area contributed by atoms with Gasteiger partial charge in [-0.3, -0.25) is 9.69 Å². The number of methoxy groups -OCH3 is 1. The summed E-state index contributed by atoms with van der Waals surface area (Å²) in [5, 5.41) is 3.50. The molecular weight excluding hydrogens is 392 g/mol. The number of fused-ring (bicyclic) bond motifs is 1. The third kappa shape index (κ3) is 2.95. The van der Waals surface area contributed by atoms with E-state index in [1.54, 1.807) is 12.0 Å². The van der Waals surface area contributed by atoms with Gasteiger partial charge in [-0.2, -0.15) is 0 Å². The fourth-order valence-corrected chi connectivity index (χ4v) is 3.41. The molecule has 0 bridgehead atoms. The standard InChI is InChI=1S/C21H17BrN2O2/c1-26-17-12-6-14(7-13-17)20-23-19-5-3-2-4-18(19)21(25)24(20)16-10-8-15(22)9-11-16/h2-13,20,23H,1H3/t20-/m0/s1. The van der Waals surface area contributed by atoms with Crippen LogP contribution in [0.3, 0.4) is 0 Å². The number of carbonyl (C=O) groups excluding carboxylic acids is 1. The van der Waals surface area contributed by atoms with Gasteiger partial charge in [-0.05, 0) is 54.1 Å². The van der Waals surface area contributed by atoms with E-state index in [2.05, 4.69) is 21.2 Å². The van der Waals surface area contributed by atoms with Crippen molar-refractivity contribution in [1.82, 2.24) is 0 Å². The molecule has 0 aliphatic carbocycles. The van der Waals surface area contributed by atoms with Crippen LogP contribution in [0.25, 0.3) is 0 Å². The monoisotopic (exact) mass is 408 g/mol. The van der Waals surface area contributed by atoms with Gasteiger partial charge < -0.3 is 10.1 Å². The first-order valence-corrected chi connectivity index (χ1v) is 9.05. The Morgan fingerprint density at radius 3 is 2.35 bits per heavy atom. The molecule has 3 aromatic rings. The van der Waals surface area contributed by atoms with Gasteiger partial charge in [0.15, 0.2) is 0 Å². The van der Waals surface area contributed by atoms with Crippen molar-refractivity contribution in [2.75, 3.05) is 17.3 Å². The molecule has 4 rings (SSSR count). The minimum atomic E-state index is -0.301. The summed E-state index contributed by atoms with van der Waals surface area (Å²) in [7, 11) is 1.64. The highest BCUT2D eigenvalue weighted by molar-refractivity contribution is 9.10. The Labute approximate surface area is 160 Å². The molecule has 0 radical (unpaired) electrons. The number of para-hydroxylation sites is 1. The molecular formula is C21H17BrN2O2. The van der Waals surface area contributed by atoms with Gasteiger partial charge in [0.25, 0.3) is 5.91 Å². The lowest BCUT2D eigenvalue weighted by atomic mass is 10.0. The van der Waals surface area contributed by atoms with Gasteiger partial charge in [0, 0.05) is 15.8 Å². The molecule has 130 valence electrons. The molecule has 0 fully saturated rings. The molecule has 1 atom stereocenters. The molecule has 0 aromatic heterocycles. The van der Waals surface area contributed by atoms with E-state index < -0.39 is 0 Å². The maximum Gasteiger partial charge on any atom is 0.262 e. The Hall–Kier alpha value is -2.79. The Morgan fingerprint density at radius 2 is 1.65 bits per heavy atom. The number of carbonyl (C=O) groups is 1. The van der Waals surface area contributed by atoms with Gasteiger partial charge in [0.2, 0.25) is 0 Å². The van der Waals surface area contributed by atoms with E-state index in [1.165, 1.54) is 0 Å². The Bertz CT molecular complexity index is 939. The van der Waals surface area contributed by atoms with Crippen molar-refractivity contribution in [2.45, 2.75) is 6.17 Å². The first-order valence-electron chi connectivity index (χ1n) is 8.26. The van der Waals surface area contributed by atoms with Crippen LogP contribution in [0.4, 0.5) is 11.4 Å². The van der Waals surface area contributed by atoms with Crippen LogP contribution in [0.1, 0.15) is 22.1 Å². The lowest BCUT2D eigenvalue weighted by Crippen LogP contribution is -2.43. The second-order valence-corrected chi connectivity index (χ2v) is 6.93. The van der Waals surface area contributed by atoms with E-state index in [1.807, 2.05) is 72.8 Å². The maximum atomic E-state index is 13.3. The third-order valence-corrected chi connectivity index (χ3v) is 4.99. The van der Waals surface area contributed by atoms with Crippen molar-refractivity contribution in [3.8, 4) is 5.75 Å². The smallest absolute Gasteiger partial charge is 0.262 e. The summed E-state index contributed by atoms with van der Waals surface area (Å²) in [5.41, 5.74) is 3.32. The molecule has 3 aromatic carbocycles. The number of ether oxygens (including phenoxy) is 1. The number of nitrogens with zero attached hydrogens (tertiary/aromatic N) is 1. The van der Waals surface area contributed by atoms with Crippen LogP contribution >= 0.6 is 15.9 Å². The molecule has 26 heavy (non-hydrogen) atoms. The van der Waals surface area contributed by atoms with Crippen LogP contribution in [-0.2, 0) is 0 Å². The first-order chi connectivity index (χ1) is 12.7. The fourth-order valence-electron chi connectivity index (χ4n) is 3.14.